The molecular weight excluding hydrogens is 375 g/mol. The molecule has 3 aromatic rings. The molecule has 148 valence electrons. The highest BCUT2D eigenvalue weighted by molar-refractivity contribution is 6.00. The molecule has 0 aromatic carbocycles. The highest BCUT2D eigenvalue weighted by Gasteiger charge is 2.65. The largest absolute Gasteiger partial charge is 0.475 e. The number of piperidine rings is 1. The summed E-state index contributed by atoms with van der Waals surface area (Å²) >= 11 is 0. The molecule has 8 nitrogen and oxygen atoms in total. The van der Waals surface area contributed by atoms with Crippen molar-refractivity contribution in [3.8, 4) is 5.88 Å². The van der Waals surface area contributed by atoms with Crippen molar-refractivity contribution in [2.45, 2.75) is 31.3 Å². The maximum absolute atomic E-state index is 14.2. The Hall–Kier alpha value is -3.23. The smallest absolute Gasteiger partial charge is 0.257 e. The second-order valence-corrected chi connectivity index (χ2v) is 8.07. The maximum Gasteiger partial charge on any atom is 0.257 e. The van der Waals surface area contributed by atoms with Crippen LogP contribution in [0.3, 0.4) is 0 Å². The van der Waals surface area contributed by atoms with E-state index < -0.39 is 0 Å². The normalized spacial score (nSPS) is 27.8. The SMILES string of the molecule is C[C@H]1COc2ncc(F)cc2[C@@]23C[C@@H]2CCN3c2ccn3ncc(c3n2)C(=O)N1. The molecule has 3 atom stereocenters. The Morgan fingerprint density at radius 3 is 3.14 bits per heavy atom. The van der Waals surface area contributed by atoms with Crippen LogP contribution in [-0.4, -0.2) is 44.7 Å². The van der Waals surface area contributed by atoms with E-state index in [1.807, 2.05) is 19.2 Å². The third-order valence-electron chi connectivity index (χ3n) is 6.26. The van der Waals surface area contributed by atoms with Gasteiger partial charge in [0, 0.05) is 18.3 Å². The van der Waals surface area contributed by atoms with Crippen LogP contribution >= 0.6 is 0 Å². The summed E-state index contributed by atoms with van der Waals surface area (Å²) in [6, 6.07) is 3.15. The van der Waals surface area contributed by atoms with E-state index in [9.17, 15) is 9.18 Å². The van der Waals surface area contributed by atoms with Gasteiger partial charge in [0.1, 0.15) is 23.8 Å². The highest BCUT2D eigenvalue weighted by Crippen LogP contribution is 2.64. The molecule has 29 heavy (non-hydrogen) atoms. The number of hydrogen-bond acceptors (Lipinski definition) is 6. The molecular formula is C20H19FN6O2. The van der Waals surface area contributed by atoms with Gasteiger partial charge in [-0.25, -0.2) is 18.9 Å². The highest BCUT2D eigenvalue weighted by atomic mass is 19.1. The van der Waals surface area contributed by atoms with E-state index in [-0.39, 0.29) is 29.9 Å². The van der Waals surface area contributed by atoms with Crippen LogP contribution < -0.4 is 15.0 Å². The molecule has 3 aromatic heterocycles. The van der Waals surface area contributed by atoms with E-state index in [0.717, 1.165) is 30.8 Å². The summed E-state index contributed by atoms with van der Waals surface area (Å²) in [6.07, 6.45) is 6.41. The molecule has 0 radical (unpaired) electrons. The molecule has 1 N–H and O–H groups in total. The zero-order chi connectivity index (χ0) is 19.8. The summed E-state index contributed by atoms with van der Waals surface area (Å²) in [5.74, 6) is 0.928. The predicted octanol–water partition coefficient (Wildman–Crippen LogP) is 1.90. The van der Waals surface area contributed by atoms with Crippen molar-refractivity contribution in [2.24, 2.45) is 5.92 Å². The zero-order valence-corrected chi connectivity index (χ0v) is 15.8. The minimum atomic E-state index is -0.383. The van der Waals surface area contributed by atoms with Crippen LogP contribution in [0.5, 0.6) is 5.88 Å². The van der Waals surface area contributed by atoms with Crippen molar-refractivity contribution in [2.75, 3.05) is 18.1 Å². The van der Waals surface area contributed by atoms with Crippen LogP contribution in [0.1, 0.15) is 35.7 Å². The van der Waals surface area contributed by atoms with Crippen LogP contribution in [0.25, 0.3) is 5.65 Å². The lowest BCUT2D eigenvalue weighted by Crippen LogP contribution is -2.37. The lowest BCUT2D eigenvalue weighted by atomic mass is 10.0. The number of rotatable bonds is 0. The molecule has 1 saturated carbocycles. The Morgan fingerprint density at radius 1 is 1.38 bits per heavy atom. The van der Waals surface area contributed by atoms with Gasteiger partial charge >= 0.3 is 0 Å². The number of ether oxygens (including phenoxy) is 1. The quantitative estimate of drug-likeness (QED) is 0.627. The number of anilines is 1. The summed E-state index contributed by atoms with van der Waals surface area (Å²) in [6.45, 7) is 2.88. The number of carbonyl (C=O) groups is 1. The molecule has 2 aliphatic heterocycles. The topological polar surface area (TPSA) is 84.7 Å². The lowest BCUT2D eigenvalue weighted by Gasteiger charge is -2.31. The van der Waals surface area contributed by atoms with Crippen LogP contribution in [0.15, 0.2) is 30.7 Å². The van der Waals surface area contributed by atoms with Crippen LogP contribution in [0.4, 0.5) is 10.2 Å². The number of nitrogens with one attached hydrogen (secondary N) is 1. The summed E-state index contributed by atoms with van der Waals surface area (Å²) in [4.78, 5) is 24.0. The number of fused-ring (bicyclic) bond motifs is 3. The molecule has 2 bridgehead atoms. The van der Waals surface area contributed by atoms with Gasteiger partial charge in [-0.15, -0.1) is 0 Å². The van der Waals surface area contributed by atoms with Gasteiger partial charge in [-0.05, 0) is 37.8 Å². The first-order valence-electron chi connectivity index (χ1n) is 9.78. The van der Waals surface area contributed by atoms with Crippen molar-refractivity contribution >= 4 is 17.4 Å². The van der Waals surface area contributed by atoms with Gasteiger partial charge < -0.3 is 15.0 Å². The first kappa shape index (κ1) is 16.7. The Balaban J connectivity index is 1.57. The number of aromatic nitrogens is 4. The number of halogens is 1. The van der Waals surface area contributed by atoms with Crippen LogP contribution in [-0.2, 0) is 5.54 Å². The Kier molecular flexibility index (Phi) is 3.25. The second-order valence-electron chi connectivity index (χ2n) is 8.07. The molecule has 2 fully saturated rings. The van der Waals surface area contributed by atoms with E-state index in [4.69, 9.17) is 9.72 Å². The van der Waals surface area contributed by atoms with E-state index >= 15 is 0 Å². The summed E-state index contributed by atoms with van der Waals surface area (Å²) in [5.41, 5.74) is 1.31. The van der Waals surface area contributed by atoms with Crippen molar-refractivity contribution in [3.63, 3.8) is 0 Å². The second kappa shape index (κ2) is 5.65. The Morgan fingerprint density at radius 2 is 2.28 bits per heavy atom. The van der Waals surface area contributed by atoms with Gasteiger partial charge in [0.2, 0.25) is 5.88 Å². The third kappa shape index (κ3) is 2.30. The third-order valence-corrected chi connectivity index (χ3v) is 6.26. The number of pyridine rings is 1. The molecule has 1 aliphatic carbocycles. The van der Waals surface area contributed by atoms with Gasteiger partial charge in [-0.1, -0.05) is 0 Å². The zero-order valence-electron chi connectivity index (χ0n) is 15.8. The average Bonchev–Trinajstić information content (AvgIpc) is 3.09. The fraction of sp³-hybridized carbons (Fsp3) is 0.400. The number of amides is 1. The number of carbonyl (C=O) groups excluding carboxylic acids is 1. The molecule has 1 spiro atoms. The molecule has 5 heterocycles. The average molecular weight is 394 g/mol. The van der Waals surface area contributed by atoms with Gasteiger partial charge in [0.15, 0.2) is 5.65 Å². The molecule has 1 amide bonds. The van der Waals surface area contributed by atoms with Gasteiger partial charge in [0.05, 0.1) is 24.0 Å². The standard InChI is InChI=1S/C20H19FN6O2/c1-11-10-29-19-15(6-13(21)8-22-19)20-7-12(20)2-4-26(20)16-3-5-27-17(25-16)14(9-23-27)18(28)24-11/h3,5-6,8-9,11-12H,2,4,7,10H2,1H3,(H,24,28)/t11-,12-,20+/m0/s1. The summed E-state index contributed by atoms with van der Waals surface area (Å²) < 4.78 is 21.8. The maximum atomic E-state index is 14.2. The predicted molar refractivity (Wildman–Crippen MR) is 101 cm³/mol. The molecule has 9 heteroatoms. The van der Waals surface area contributed by atoms with E-state index in [1.165, 1.54) is 18.5 Å². The molecule has 0 unspecified atom stereocenters. The monoisotopic (exact) mass is 394 g/mol. The number of nitrogens with zero attached hydrogens (tertiary/aromatic N) is 5. The van der Waals surface area contributed by atoms with Gasteiger partial charge in [-0.2, -0.15) is 5.10 Å². The van der Waals surface area contributed by atoms with Crippen molar-refractivity contribution in [1.82, 2.24) is 24.9 Å². The van der Waals surface area contributed by atoms with Crippen molar-refractivity contribution in [1.29, 1.82) is 0 Å². The van der Waals surface area contributed by atoms with E-state index in [2.05, 4.69) is 20.3 Å². The lowest BCUT2D eigenvalue weighted by molar-refractivity contribution is 0.0927. The van der Waals surface area contributed by atoms with E-state index in [1.54, 1.807) is 4.52 Å². The Bertz CT molecular complexity index is 1160. The van der Waals surface area contributed by atoms with Crippen LogP contribution in [0, 0.1) is 11.7 Å². The minimum absolute atomic E-state index is 0.230. The number of hydrogen-bond donors (Lipinski definition) is 1. The molecule has 1 saturated heterocycles. The summed E-state index contributed by atoms with van der Waals surface area (Å²) in [5, 5.41) is 7.17. The van der Waals surface area contributed by atoms with Gasteiger partial charge in [-0.3, -0.25) is 4.79 Å². The van der Waals surface area contributed by atoms with Crippen molar-refractivity contribution in [3.05, 3.63) is 47.7 Å². The van der Waals surface area contributed by atoms with Crippen molar-refractivity contribution < 1.29 is 13.9 Å². The molecule has 3 aliphatic rings. The fourth-order valence-electron chi connectivity index (χ4n) is 4.84. The first-order valence-corrected chi connectivity index (χ1v) is 9.78. The molecule has 6 rings (SSSR count). The first-order chi connectivity index (χ1) is 14.1. The van der Waals surface area contributed by atoms with E-state index in [0.29, 0.717) is 23.0 Å². The fourth-order valence-corrected chi connectivity index (χ4v) is 4.84. The minimum Gasteiger partial charge on any atom is -0.475 e. The summed E-state index contributed by atoms with van der Waals surface area (Å²) in [7, 11) is 0. The van der Waals surface area contributed by atoms with Gasteiger partial charge in [0.25, 0.3) is 5.91 Å². The Labute approximate surface area is 165 Å². The van der Waals surface area contributed by atoms with Crippen LogP contribution in [0.2, 0.25) is 0 Å².